The van der Waals surface area contributed by atoms with Crippen LogP contribution in [0.3, 0.4) is 0 Å². The average molecular weight is 332 g/mol. The Morgan fingerprint density at radius 1 is 1.33 bits per heavy atom. The molecule has 3 fully saturated rings. The first-order valence-electron chi connectivity index (χ1n) is 9.26. The standard InChI is InChI=1S/C20H28O4/c1-13-11-15-16-18(2,17(21)24-15)7-4-8-19(16,3)20(13,22)9-5-14-6-10-23-12-14/h6,10,12-13,15-16,22H,4-5,7-9,11H2,1-3H3/t13-,15?,16+,18+,19+,20-/m1/s1. The van der Waals surface area contributed by atoms with Crippen molar-refractivity contribution in [3.05, 3.63) is 24.2 Å². The Morgan fingerprint density at radius 2 is 2.12 bits per heavy atom. The van der Waals surface area contributed by atoms with Crippen LogP contribution in [0.1, 0.15) is 58.4 Å². The average Bonchev–Trinajstić information content (AvgIpc) is 3.12. The predicted octanol–water partition coefficient (Wildman–Crippen LogP) is 3.72. The number of hydrogen-bond acceptors (Lipinski definition) is 4. The highest BCUT2D eigenvalue weighted by Gasteiger charge is 2.70. The number of esters is 1. The number of aliphatic hydroxyl groups is 1. The first kappa shape index (κ1) is 16.2. The van der Waals surface area contributed by atoms with Gasteiger partial charge in [0.15, 0.2) is 0 Å². The Morgan fingerprint density at radius 3 is 2.83 bits per heavy atom. The maximum atomic E-state index is 12.6. The van der Waals surface area contributed by atoms with Gasteiger partial charge in [0.1, 0.15) is 6.10 Å². The number of hydrogen-bond donors (Lipinski definition) is 1. The van der Waals surface area contributed by atoms with Crippen LogP contribution in [0.4, 0.5) is 0 Å². The van der Waals surface area contributed by atoms with Gasteiger partial charge in [0.2, 0.25) is 0 Å². The molecule has 4 heteroatoms. The fourth-order valence-corrected chi connectivity index (χ4v) is 6.30. The molecule has 4 rings (SSSR count). The van der Waals surface area contributed by atoms with Gasteiger partial charge in [-0.2, -0.15) is 0 Å². The van der Waals surface area contributed by atoms with Gasteiger partial charge < -0.3 is 14.3 Å². The van der Waals surface area contributed by atoms with Gasteiger partial charge in [0.05, 0.1) is 23.5 Å². The fraction of sp³-hybridized carbons (Fsp3) is 0.750. The van der Waals surface area contributed by atoms with E-state index in [1.54, 1.807) is 12.5 Å². The van der Waals surface area contributed by atoms with Crippen molar-refractivity contribution in [2.75, 3.05) is 0 Å². The maximum Gasteiger partial charge on any atom is 0.312 e. The lowest BCUT2D eigenvalue weighted by molar-refractivity contribution is -0.217. The van der Waals surface area contributed by atoms with E-state index in [-0.39, 0.29) is 29.3 Å². The Balaban J connectivity index is 1.70. The number of carbonyl (C=O) groups is 1. The van der Waals surface area contributed by atoms with Gasteiger partial charge in [-0.15, -0.1) is 0 Å². The molecule has 0 aromatic carbocycles. The van der Waals surface area contributed by atoms with Crippen LogP contribution in [0.2, 0.25) is 0 Å². The molecule has 2 saturated carbocycles. The molecule has 1 unspecified atom stereocenters. The normalized spacial score (nSPS) is 47.3. The lowest BCUT2D eigenvalue weighted by atomic mass is 9.44. The van der Waals surface area contributed by atoms with E-state index in [0.29, 0.717) is 6.42 Å². The summed E-state index contributed by atoms with van der Waals surface area (Å²) in [7, 11) is 0. The minimum atomic E-state index is -0.777. The molecule has 2 heterocycles. The molecule has 1 aromatic heterocycles. The van der Waals surface area contributed by atoms with Crippen molar-refractivity contribution in [3.8, 4) is 0 Å². The molecule has 0 spiro atoms. The van der Waals surface area contributed by atoms with Gasteiger partial charge in [0, 0.05) is 11.3 Å². The van der Waals surface area contributed by atoms with Crippen LogP contribution >= 0.6 is 0 Å². The Kier molecular flexibility index (Phi) is 3.44. The van der Waals surface area contributed by atoms with E-state index < -0.39 is 11.0 Å². The number of aryl methyl sites for hydroxylation is 1. The quantitative estimate of drug-likeness (QED) is 0.857. The van der Waals surface area contributed by atoms with Crippen LogP contribution in [0, 0.1) is 22.7 Å². The van der Waals surface area contributed by atoms with E-state index in [4.69, 9.17) is 9.15 Å². The van der Waals surface area contributed by atoms with Crippen LogP contribution in [0.25, 0.3) is 0 Å². The Bertz CT molecular complexity index is 638. The summed E-state index contributed by atoms with van der Waals surface area (Å²) in [6, 6.07) is 1.97. The molecule has 132 valence electrons. The summed E-state index contributed by atoms with van der Waals surface area (Å²) in [6.07, 6.45) is 8.51. The molecule has 6 atom stereocenters. The molecule has 1 aromatic rings. The van der Waals surface area contributed by atoms with Crippen molar-refractivity contribution < 1.29 is 19.1 Å². The van der Waals surface area contributed by atoms with Gasteiger partial charge in [-0.3, -0.25) is 4.79 Å². The molecule has 3 aliphatic rings. The van der Waals surface area contributed by atoms with Gasteiger partial charge in [-0.05, 0) is 56.6 Å². The second-order valence-electron chi connectivity index (χ2n) is 8.80. The summed E-state index contributed by atoms with van der Waals surface area (Å²) in [5.74, 6) is 0.190. The topological polar surface area (TPSA) is 59.7 Å². The summed E-state index contributed by atoms with van der Waals surface area (Å²) in [6.45, 7) is 6.38. The minimum Gasteiger partial charge on any atom is -0.472 e. The lowest BCUT2D eigenvalue weighted by Crippen LogP contribution is -2.65. The third-order valence-corrected chi connectivity index (χ3v) is 7.63. The molecule has 1 saturated heterocycles. The monoisotopic (exact) mass is 332 g/mol. The molecule has 1 N–H and O–H groups in total. The van der Waals surface area contributed by atoms with Crippen LogP contribution in [0.5, 0.6) is 0 Å². The van der Waals surface area contributed by atoms with E-state index >= 15 is 0 Å². The van der Waals surface area contributed by atoms with Gasteiger partial charge >= 0.3 is 5.97 Å². The number of carbonyl (C=O) groups excluding carboxylic acids is 1. The maximum absolute atomic E-state index is 12.6. The Hall–Kier alpha value is -1.29. The number of ether oxygens (including phenoxy) is 1. The first-order chi connectivity index (χ1) is 11.3. The van der Waals surface area contributed by atoms with Gasteiger partial charge in [-0.25, -0.2) is 0 Å². The van der Waals surface area contributed by atoms with E-state index in [0.717, 1.165) is 37.7 Å². The highest BCUT2D eigenvalue weighted by molar-refractivity contribution is 5.80. The zero-order valence-electron chi connectivity index (χ0n) is 14.9. The van der Waals surface area contributed by atoms with E-state index in [1.165, 1.54) is 0 Å². The number of rotatable bonds is 3. The summed E-state index contributed by atoms with van der Waals surface area (Å²) in [5.41, 5.74) is -0.362. The van der Waals surface area contributed by atoms with Crippen LogP contribution in [-0.4, -0.2) is 22.8 Å². The molecule has 0 amide bonds. The SMILES string of the molecule is C[C@@H]1CC2OC(=O)[C@@]3(C)CCC[C@@](C)([C@@H]23)[C@@]1(O)CCc1ccoc1. The number of furan rings is 1. The van der Waals surface area contributed by atoms with Crippen molar-refractivity contribution in [1.29, 1.82) is 0 Å². The second-order valence-corrected chi connectivity index (χ2v) is 8.80. The lowest BCUT2D eigenvalue weighted by Gasteiger charge is -2.61. The van der Waals surface area contributed by atoms with Gasteiger partial charge in [0.25, 0.3) is 0 Å². The zero-order valence-corrected chi connectivity index (χ0v) is 14.9. The van der Waals surface area contributed by atoms with Crippen LogP contribution in [-0.2, 0) is 16.0 Å². The van der Waals surface area contributed by atoms with Crippen molar-refractivity contribution in [3.63, 3.8) is 0 Å². The van der Waals surface area contributed by atoms with E-state index in [1.807, 2.05) is 6.07 Å². The third-order valence-electron chi connectivity index (χ3n) is 7.63. The molecule has 4 nitrogen and oxygen atoms in total. The summed E-state index contributed by atoms with van der Waals surface area (Å²) in [5, 5.41) is 11.9. The van der Waals surface area contributed by atoms with Crippen molar-refractivity contribution in [2.45, 2.75) is 71.0 Å². The van der Waals surface area contributed by atoms with Crippen molar-refractivity contribution in [1.82, 2.24) is 0 Å². The smallest absolute Gasteiger partial charge is 0.312 e. The van der Waals surface area contributed by atoms with E-state index in [2.05, 4.69) is 20.8 Å². The summed E-state index contributed by atoms with van der Waals surface area (Å²) in [4.78, 5) is 12.6. The van der Waals surface area contributed by atoms with Gasteiger partial charge in [-0.1, -0.05) is 20.3 Å². The predicted molar refractivity (Wildman–Crippen MR) is 89.2 cm³/mol. The molecular formula is C20H28O4. The Labute approximate surface area is 143 Å². The second kappa shape index (κ2) is 5.10. The fourth-order valence-electron chi connectivity index (χ4n) is 6.30. The minimum absolute atomic E-state index is 0.0306. The highest BCUT2D eigenvalue weighted by atomic mass is 16.6. The molecule has 0 bridgehead atoms. The highest BCUT2D eigenvalue weighted by Crippen LogP contribution is 2.67. The van der Waals surface area contributed by atoms with E-state index in [9.17, 15) is 9.90 Å². The van der Waals surface area contributed by atoms with Crippen LogP contribution in [0.15, 0.2) is 23.0 Å². The third kappa shape index (κ3) is 1.92. The molecule has 2 aliphatic carbocycles. The first-order valence-corrected chi connectivity index (χ1v) is 9.26. The summed E-state index contributed by atoms with van der Waals surface area (Å²) < 4.78 is 11.0. The molecule has 0 radical (unpaired) electrons. The largest absolute Gasteiger partial charge is 0.472 e. The van der Waals surface area contributed by atoms with Crippen LogP contribution < -0.4 is 0 Å². The molecule has 24 heavy (non-hydrogen) atoms. The van der Waals surface area contributed by atoms with Crippen molar-refractivity contribution >= 4 is 5.97 Å². The molecular weight excluding hydrogens is 304 g/mol. The molecule has 1 aliphatic heterocycles. The van der Waals surface area contributed by atoms with Crippen molar-refractivity contribution in [2.24, 2.45) is 22.7 Å². The summed E-state index contributed by atoms with van der Waals surface area (Å²) >= 11 is 0. The zero-order chi connectivity index (χ0) is 17.2.